The molecule has 1 atom stereocenters. The van der Waals surface area contributed by atoms with Gasteiger partial charge in [0.2, 0.25) is 11.9 Å². The maximum absolute atomic E-state index is 11.5. The average Bonchev–Trinajstić information content (AvgIpc) is 2.98. The number of aromatic nitrogens is 4. The summed E-state index contributed by atoms with van der Waals surface area (Å²) in [6.45, 7) is 4.96. The third-order valence-electron chi connectivity index (χ3n) is 3.72. The van der Waals surface area contributed by atoms with Crippen LogP contribution in [0, 0.1) is 6.92 Å². The Labute approximate surface area is 128 Å². The van der Waals surface area contributed by atoms with Gasteiger partial charge in [-0.25, -0.2) is 19.9 Å². The van der Waals surface area contributed by atoms with Crippen molar-refractivity contribution in [3.05, 3.63) is 36.0 Å². The van der Waals surface area contributed by atoms with Crippen LogP contribution in [0.5, 0.6) is 0 Å². The summed E-state index contributed by atoms with van der Waals surface area (Å²) in [5.74, 6) is 2.24. The summed E-state index contributed by atoms with van der Waals surface area (Å²) in [4.78, 5) is 30.5. The quantitative estimate of drug-likeness (QED) is 0.927. The lowest BCUT2D eigenvalue weighted by molar-refractivity contribution is -0.127. The van der Waals surface area contributed by atoms with Gasteiger partial charge in [0.25, 0.3) is 0 Å². The number of carbonyl (C=O) groups is 1. The summed E-state index contributed by atoms with van der Waals surface area (Å²) in [7, 11) is 0. The molecular weight excluding hydrogens is 280 g/mol. The van der Waals surface area contributed by atoms with E-state index in [-0.39, 0.29) is 11.8 Å². The van der Waals surface area contributed by atoms with Crippen LogP contribution in [-0.2, 0) is 4.79 Å². The molecule has 7 heteroatoms. The molecule has 0 saturated carbocycles. The van der Waals surface area contributed by atoms with E-state index >= 15 is 0 Å². The van der Waals surface area contributed by atoms with Crippen molar-refractivity contribution >= 4 is 17.7 Å². The predicted molar refractivity (Wildman–Crippen MR) is 81.7 cm³/mol. The van der Waals surface area contributed by atoms with Gasteiger partial charge in [-0.05, 0) is 19.4 Å². The van der Waals surface area contributed by atoms with E-state index in [0.29, 0.717) is 24.1 Å². The summed E-state index contributed by atoms with van der Waals surface area (Å²) in [5, 5.41) is 3.09. The normalized spacial score (nSPS) is 17.5. The van der Waals surface area contributed by atoms with Crippen molar-refractivity contribution in [2.45, 2.75) is 26.2 Å². The Hall–Kier alpha value is -2.57. The molecule has 1 aliphatic heterocycles. The SMILES string of the molecule is CC(=O)N1CCC(c2cc(Nc3ncccn3)nc(C)n2)C1. The summed E-state index contributed by atoms with van der Waals surface area (Å²) in [6.07, 6.45) is 4.27. The van der Waals surface area contributed by atoms with Gasteiger partial charge < -0.3 is 10.2 Å². The molecule has 22 heavy (non-hydrogen) atoms. The smallest absolute Gasteiger partial charge is 0.228 e. The number of hydrogen-bond donors (Lipinski definition) is 1. The topological polar surface area (TPSA) is 83.9 Å². The number of hydrogen-bond acceptors (Lipinski definition) is 6. The third-order valence-corrected chi connectivity index (χ3v) is 3.72. The van der Waals surface area contributed by atoms with Crippen LogP contribution in [0.1, 0.15) is 30.8 Å². The number of likely N-dealkylation sites (tertiary alicyclic amines) is 1. The van der Waals surface area contributed by atoms with Gasteiger partial charge in [-0.3, -0.25) is 4.79 Å². The second-order valence-electron chi connectivity index (χ2n) is 5.37. The first-order valence-electron chi connectivity index (χ1n) is 7.27. The molecule has 3 rings (SSSR count). The van der Waals surface area contributed by atoms with Gasteiger partial charge in [0.05, 0.1) is 5.69 Å². The highest BCUT2D eigenvalue weighted by Gasteiger charge is 2.27. The molecule has 1 unspecified atom stereocenters. The van der Waals surface area contributed by atoms with Gasteiger partial charge in [-0.15, -0.1) is 0 Å². The second-order valence-corrected chi connectivity index (χ2v) is 5.37. The number of anilines is 2. The lowest BCUT2D eigenvalue weighted by atomic mass is 10.0. The van der Waals surface area contributed by atoms with Crippen molar-refractivity contribution in [3.8, 4) is 0 Å². The van der Waals surface area contributed by atoms with Crippen molar-refractivity contribution < 1.29 is 4.79 Å². The van der Waals surface area contributed by atoms with E-state index in [0.717, 1.165) is 18.7 Å². The van der Waals surface area contributed by atoms with Crippen molar-refractivity contribution in [1.29, 1.82) is 0 Å². The highest BCUT2D eigenvalue weighted by atomic mass is 16.2. The van der Waals surface area contributed by atoms with Gasteiger partial charge in [-0.1, -0.05) is 0 Å². The molecule has 2 aromatic rings. The van der Waals surface area contributed by atoms with Gasteiger partial charge in [-0.2, -0.15) is 0 Å². The van der Waals surface area contributed by atoms with Gasteiger partial charge in [0, 0.05) is 44.4 Å². The highest BCUT2D eigenvalue weighted by Crippen LogP contribution is 2.27. The van der Waals surface area contributed by atoms with Crippen molar-refractivity contribution in [2.75, 3.05) is 18.4 Å². The zero-order valence-electron chi connectivity index (χ0n) is 12.7. The number of amides is 1. The first kappa shape index (κ1) is 14.4. The fourth-order valence-electron chi connectivity index (χ4n) is 2.63. The maximum atomic E-state index is 11.5. The first-order valence-corrected chi connectivity index (χ1v) is 7.27. The summed E-state index contributed by atoms with van der Waals surface area (Å²) in [5.41, 5.74) is 0.953. The molecule has 7 nitrogen and oxygen atoms in total. The molecule has 0 radical (unpaired) electrons. The molecule has 1 amide bonds. The Kier molecular flexibility index (Phi) is 3.95. The summed E-state index contributed by atoms with van der Waals surface area (Å²) < 4.78 is 0. The number of nitrogens with zero attached hydrogens (tertiary/aromatic N) is 5. The Morgan fingerprint density at radius 2 is 2.09 bits per heavy atom. The van der Waals surface area contributed by atoms with Crippen LogP contribution in [-0.4, -0.2) is 43.8 Å². The van der Waals surface area contributed by atoms with Crippen molar-refractivity contribution in [2.24, 2.45) is 0 Å². The number of carbonyl (C=O) groups excluding carboxylic acids is 1. The van der Waals surface area contributed by atoms with Gasteiger partial charge in [0.15, 0.2) is 0 Å². The number of rotatable bonds is 3. The van der Waals surface area contributed by atoms with E-state index < -0.39 is 0 Å². The van der Waals surface area contributed by atoms with Crippen LogP contribution in [0.2, 0.25) is 0 Å². The lowest BCUT2D eigenvalue weighted by Crippen LogP contribution is -2.25. The van der Waals surface area contributed by atoms with E-state index in [1.165, 1.54) is 0 Å². The minimum Gasteiger partial charge on any atom is -0.342 e. The van der Waals surface area contributed by atoms with Crippen LogP contribution in [0.4, 0.5) is 11.8 Å². The van der Waals surface area contributed by atoms with E-state index in [4.69, 9.17) is 0 Å². The standard InChI is InChI=1S/C15H18N6O/c1-10-18-13(12-4-7-21(9-12)11(2)22)8-14(19-10)20-15-16-5-3-6-17-15/h3,5-6,8,12H,4,7,9H2,1-2H3,(H,16,17,18,19,20). The molecule has 0 aliphatic carbocycles. The molecule has 3 heterocycles. The number of nitrogens with one attached hydrogen (secondary N) is 1. The van der Waals surface area contributed by atoms with E-state index in [1.807, 2.05) is 17.9 Å². The van der Waals surface area contributed by atoms with Crippen LogP contribution < -0.4 is 5.32 Å². The molecular formula is C15H18N6O. The van der Waals surface area contributed by atoms with Crippen LogP contribution in [0.3, 0.4) is 0 Å². The molecule has 0 aromatic carbocycles. The lowest BCUT2D eigenvalue weighted by Gasteiger charge is -2.14. The van der Waals surface area contributed by atoms with Crippen molar-refractivity contribution in [1.82, 2.24) is 24.8 Å². The molecule has 1 N–H and O–H groups in total. The van der Waals surface area contributed by atoms with Gasteiger partial charge >= 0.3 is 0 Å². The van der Waals surface area contributed by atoms with E-state index in [2.05, 4.69) is 25.3 Å². The van der Waals surface area contributed by atoms with Crippen LogP contribution >= 0.6 is 0 Å². The zero-order chi connectivity index (χ0) is 15.5. The molecule has 1 aliphatic rings. The maximum Gasteiger partial charge on any atom is 0.228 e. The Morgan fingerprint density at radius 3 is 2.77 bits per heavy atom. The minimum atomic E-state index is 0.115. The fourth-order valence-corrected chi connectivity index (χ4v) is 2.63. The Balaban J connectivity index is 1.80. The Bertz CT molecular complexity index is 675. The van der Waals surface area contributed by atoms with Gasteiger partial charge in [0.1, 0.15) is 11.6 Å². The molecule has 2 aromatic heterocycles. The number of aryl methyl sites for hydroxylation is 1. The third kappa shape index (κ3) is 3.19. The summed E-state index contributed by atoms with van der Waals surface area (Å²) >= 11 is 0. The van der Waals surface area contributed by atoms with Crippen molar-refractivity contribution in [3.63, 3.8) is 0 Å². The molecule has 1 saturated heterocycles. The molecule has 114 valence electrons. The fraction of sp³-hybridized carbons (Fsp3) is 0.400. The molecule has 0 spiro atoms. The molecule has 1 fully saturated rings. The van der Waals surface area contributed by atoms with E-state index in [1.54, 1.807) is 25.4 Å². The van der Waals surface area contributed by atoms with Crippen LogP contribution in [0.15, 0.2) is 24.5 Å². The predicted octanol–water partition coefficient (Wildman–Crippen LogP) is 1.65. The van der Waals surface area contributed by atoms with E-state index in [9.17, 15) is 4.79 Å². The first-order chi connectivity index (χ1) is 10.6. The highest BCUT2D eigenvalue weighted by molar-refractivity contribution is 5.73. The monoisotopic (exact) mass is 298 g/mol. The molecule has 0 bridgehead atoms. The largest absolute Gasteiger partial charge is 0.342 e. The minimum absolute atomic E-state index is 0.115. The summed E-state index contributed by atoms with van der Waals surface area (Å²) in [6, 6.07) is 3.67. The Morgan fingerprint density at radius 1 is 1.32 bits per heavy atom. The van der Waals surface area contributed by atoms with Crippen LogP contribution in [0.25, 0.3) is 0 Å². The zero-order valence-corrected chi connectivity index (χ0v) is 12.7. The average molecular weight is 298 g/mol. The second kappa shape index (κ2) is 6.05.